The van der Waals surface area contributed by atoms with Crippen molar-refractivity contribution in [1.29, 1.82) is 0 Å². The van der Waals surface area contributed by atoms with Crippen molar-refractivity contribution < 1.29 is 38.1 Å². The van der Waals surface area contributed by atoms with Gasteiger partial charge in [-0.05, 0) is 32.9 Å². The molecular formula is C22H30N3O10P. The fourth-order valence-electron chi connectivity index (χ4n) is 3.54. The van der Waals surface area contributed by atoms with Gasteiger partial charge < -0.3 is 24.2 Å². The number of aliphatic hydroxyl groups is 2. The second kappa shape index (κ2) is 12.0. The summed E-state index contributed by atoms with van der Waals surface area (Å²) >= 11 is 0. The maximum Gasteiger partial charge on any atom is 0.459 e. The van der Waals surface area contributed by atoms with Crippen LogP contribution in [0, 0.1) is 5.92 Å². The molecule has 6 atom stereocenters. The smallest absolute Gasteiger partial charge is 0.459 e. The number of aromatic nitrogens is 2. The van der Waals surface area contributed by atoms with Crippen LogP contribution >= 0.6 is 7.75 Å². The van der Waals surface area contributed by atoms with Gasteiger partial charge in [0.15, 0.2) is 6.23 Å². The second-order valence-corrected chi connectivity index (χ2v) is 10.1. The fraction of sp³-hybridized carbons (Fsp3) is 0.500. The predicted molar refractivity (Wildman–Crippen MR) is 126 cm³/mol. The number of benzene rings is 1. The van der Waals surface area contributed by atoms with Crippen molar-refractivity contribution in [2.24, 2.45) is 5.92 Å². The first kappa shape index (κ1) is 27.8. The molecule has 0 amide bonds. The summed E-state index contributed by atoms with van der Waals surface area (Å²) in [5.74, 6) is -1.41. The number of hydrogen-bond acceptors (Lipinski definition) is 10. The number of hydrogen-bond donors (Lipinski definition) is 4. The lowest BCUT2D eigenvalue weighted by Crippen LogP contribution is -2.37. The average molecular weight is 527 g/mol. The Kier molecular flexibility index (Phi) is 9.23. The van der Waals surface area contributed by atoms with Crippen LogP contribution in [0.4, 0.5) is 0 Å². The molecule has 1 aromatic heterocycles. The van der Waals surface area contributed by atoms with Crippen molar-refractivity contribution >= 4 is 13.7 Å². The number of esters is 1. The minimum Gasteiger partial charge on any atom is -0.462 e. The Labute approximate surface area is 206 Å². The molecule has 3 rings (SSSR count). The Hall–Kier alpha value is -2.80. The van der Waals surface area contributed by atoms with Crippen LogP contribution in [0.3, 0.4) is 0 Å². The summed E-state index contributed by atoms with van der Waals surface area (Å²) in [7, 11) is -4.22. The first-order valence-electron chi connectivity index (χ1n) is 11.3. The van der Waals surface area contributed by atoms with E-state index < -0.39 is 74.7 Å². The van der Waals surface area contributed by atoms with E-state index >= 15 is 0 Å². The van der Waals surface area contributed by atoms with Gasteiger partial charge in [-0.1, -0.05) is 18.2 Å². The summed E-state index contributed by atoms with van der Waals surface area (Å²) in [4.78, 5) is 37.9. The molecule has 2 heterocycles. The molecule has 1 aliphatic rings. The monoisotopic (exact) mass is 527 g/mol. The number of nitrogens with one attached hydrogen (secondary N) is 2. The lowest BCUT2D eigenvalue weighted by molar-refractivity contribution is -0.149. The van der Waals surface area contributed by atoms with Crippen molar-refractivity contribution in [3.8, 4) is 5.75 Å². The normalized spacial score (nSPS) is 24.3. The minimum absolute atomic E-state index is 0.196. The van der Waals surface area contributed by atoms with E-state index in [1.165, 1.54) is 6.92 Å². The molecule has 1 aliphatic heterocycles. The molecule has 0 unspecified atom stereocenters. The van der Waals surface area contributed by atoms with E-state index in [2.05, 4.69) is 10.1 Å². The van der Waals surface area contributed by atoms with E-state index in [1.807, 2.05) is 0 Å². The summed E-state index contributed by atoms with van der Waals surface area (Å²) in [6.07, 6.45) is -2.87. The number of carbonyl (C=O) groups excluding carboxylic acids is 1. The third-order valence-electron chi connectivity index (χ3n) is 5.29. The van der Waals surface area contributed by atoms with Crippen molar-refractivity contribution in [2.75, 3.05) is 13.2 Å². The summed E-state index contributed by atoms with van der Waals surface area (Å²) in [6, 6.07) is 8.13. The van der Waals surface area contributed by atoms with Gasteiger partial charge in [-0.15, -0.1) is 0 Å². The van der Waals surface area contributed by atoms with Crippen LogP contribution in [0.15, 0.2) is 52.2 Å². The number of aromatic amines is 1. The summed E-state index contributed by atoms with van der Waals surface area (Å²) in [6.45, 7) is 3.78. The number of nitrogens with zero attached hydrogens (tertiary/aromatic N) is 1. The molecule has 0 radical (unpaired) electrons. The molecule has 36 heavy (non-hydrogen) atoms. The molecule has 0 spiro atoms. The van der Waals surface area contributed by atoms with Gasteiger partial charge in [0.1, 0.15) is 17.9 Å². The van der Waals surface area contributed by atoms with Gasteiger partial charge in [-0.25, -0.2) is 9.36 Å². The number of ether oxygens (including phenoxy) is 2. The quantitative estimate of drug-likeness (QED) is 0.237. The zero-order valence-electron chi connectivity index (χ0n) is 20.0. The van der Waals surface area contributed by atoms with E-state index in [0.29, 0.717) is 0 Å². The summed E-state index contributed by atoms with van der Waals surface area (Å²) in [5, 5.41) is 23.0. The molecule has 1 saturated heterocycles. The molecule has 0 saturated carbocycles. The van der Waals surface area contributed by atoms with Crippen molar-refractivity contribution in [3.05, 3.63) is 63.4 Å². The highest BCUT2D eigenvalue weighted by molar-refractivity contribution is 7.52. The Morgan fingerprint density at radius 2 is 1.92 bits per heavy atom. The van der Waals surface area contributed by atoms with Gasteiger partial charge in [0, 0.05) is 18.2 Å². The molecule has 0 bridgehead atoms. The van der Waals surface area contributed by atoms with Crippen LogP contribution in [0.1, 0.15) is 27.0 Å². The highest BCUT2D eigenvalue weighted by atomic mass is 31.2. The maximum atomic E-state index is 13.6. The number of H-pyrrole nitrogens is 1. The van der Waals surface area contributed by atoms with Gasteiger partial charge in [-0.3, -0.25) is 23.7 Å². The largest absolute Gasteiger partial charge is 0.462 e. The third kappa shape index (κ3) is 6.90. The van der Waals surface area contributed by atoms with E-state index in [9.17, 15) is 29.2 Å². The average Bonchev–Trinajstić information content (AvgIpc) is 3.13. The molecule has 1 fully saturated rings. The third-order valence-corrected chi connectivity index (χ3v) is 6.94. The fourth-order valence-corrected chi connectivity index (χ4v) is 5.05. The predicted octanol–water partition coefficient (Wildman–Crippen LogP) is 0.537. The van der Waals surface area contributed by atoms with Gasteiger partial charge in [0.05, 0.1) is 25.4 Å². The highest BCUT2D eigenvalue weighted by Crippen LogP contribution is 2.46. The highest BCUT2D eigenvalue weighted by Gasteiger charge is 2.46. The molecule has 2 aromatic rings. The zero-order chi connectivity index (χ0) is 26.5. The Morgan fingerprint density at radius 1 is 1.22 bits per heavy atom. The molecular weight excluding hydrogens is 497 g/mol. The summed E-state index contributed by atoms with van der Waals surface area (Å²) < 4.78 is 36.6. The van der Waals surface area contributed by atoms with E-state index in [4.69, 9.17) is 18.5 Å². The SMILES string of the molecule is CC(C)OC(=O)[C@H](C)N[P@](=O)(OC[C@H]1O[C@@H](n2ccc(=O)[nH]c2=O)[C@H](O)[C@@H]1CO)Oc1ccccc1. The number of carbonyl (C=O) groups is 1. The van der Waals surface area contributed by atoms with Crippen molar-refractivity contribution in [1.82, 2.24) is 14.6 Å². The number of rotatable bonds is 11. The van der Waals surface area contributed by atoms with Crippen LogP contribution in [0.2, 0.25) is 0 Å². The minimum atomic E-state index is -4.22. The van der Waals surface area contributed by atoms with Gasteiger partial charge >= 0.3 is 19.4 Å². The topological polar surface area (TPSA) is 178 Å². The number of para-hydroxylation sites is 1. The van der Waals surface area contributed by atoms with Crippen LogP contribution in [-0.2, 0) is 23.4 Å². The van der Waals surface area contributed by atoms with E-state index in [-0.39, 0.29) is 5.75 Å². The number of aliphatic hydroxyl groups excluding tert-OH is 2. The first-order valence-corrected chi connectivity index (χ1v) is 12.8. The lowest BCUT2D eigenvalue weighted by Gasteiger charge is -2.25. The molecule has 13 nitrogen and oxygen atoms in total. The van der Waals surface area contributed by atoms with Crippen molar-refractivity contribution in [3.63, 3.8) is 0 Å². The van der Waals surface area contributed by atoms with Crippen LogP contribution in [0.5, 0.6) is 5.75 Å². The first-order chi connectivity index (χ1) is 17.0. The standard InChI is InChI=1S/C22H30N3O10P/c1-13(2)33-21(29)14(3)24-36(31,35-15-7-5-4-6-8-15)32-12-17-16(11-26)19(28)20(34-17)25-10-9-18(27)23-22(25)30/h4-10,13-14,16-17,19-20,26,28H,11-12H2,1-3H3,(H,24,31)(H,23,27,30)/t14-,16+,17+,19+,20+,36-/m0/s1. The zero-order valence-corrected chi connectivity index (χ0v) is 20.9. The van der Waals surface area contributed by atoms with Crippen LogP contribution < -0.4 is 20.9 Å². The summed E-state index contributed by atoms with van der Waals surface area (Å²) in [5.41, 5.74) is -1.44. The molecule has 198 valence electrons. The Bertz CT molecular complexity index is 1180. The molecule has 0 aliphatic carbocycles. The molecule has 1 aromatic carbocycles. The second-order valence-electron chi connectivity index (χ2n) is 8.45. The van der Waals surface area contributed by atoms with Gasteiger partial charge in [0.2, 0.25) is 0 Å². The van der Waals surface area contributed by atoms with Gasteiger partial charge in [-0.2, -0.15) is 5.09 Å². The lowest BCUT2D eigenvalue weighted by atomic mass is 9.99. The molecule has 4 N–H and O–H groups in total. The van der Waals surface area contributed by atoms with E-state index in [0.717, 1.165) is 16.8 Å². The van der Waals surface area contributed by atoms with Gasteiger partial charge in [0.25, 0.3) is 5.56 Å². The Morgan fingerprint density at radius 3 is 2.53 bits per heavy atom. The van der Waals surface area contributed by atoms with Crippen LogP contribution in [0.25, 0.3) is 0 Å². The Balaban J connectivity index is 1.79. The maximum absolute atomic E-state index is 13.6. The molecule has 14 heteroatoms. The van der Waals surface area contributed by atoms with Crippen molar-refractivity contribution in [2.45, 2.75) is 51.4 Å². The van der Waals surface area contributed by atoms with Crippen LogP contribution in [-0.4, -0.2) is 63.3 Å². The van der Waals surface area contributed by atoms with E-state index in [1.54, 1.807) is 44.2 Å².